The molecule has 1 amide bonds. The maximum absolute atomic E-state index is 11.3. The molecule has 1 heterocycles. The van der Waals surface area contributed by atoms with E-state index in [2.05, 4.69) is 15.6 Å². The molecule has 1 aromatic heterocycles. The van der Waals surface area contributed by atoms with Crippen LogP contribution in [0.4, 0.5) is 11.5 Å². The number of rotatable bonds is 6. The maximum Gasteiger partial charge on any atom is 0.221 e. The fraction of sp³-hybridized carbons (Fsp3) is 0.455. The molecule has 0 fully saturated rings. The molecule has 0 radical (unpaired) electrons. The van der Waals surface area contributed by atoms with Crippen LogP contribution in [-0.2, 0) is 4.79 Å². The van der Waals surface area contributed by atoms with Gasteiger partial charge in [-0.15, -0.1) is 0 Å². The average Bonchev–Trinajstić information content (AvgIpc) is 2.29. The van der Waals surface area contributed by atoms with Gasteiger partial charge in [-0.2, -0.15) is 0 Å². The summed E-state index contributed by atoms with van der Waals surface area (Å²) < 4.78 is 0. The smallest absolute Gasteiger partial charge is 0.221 e. The zero-order chi connectivity index (χ0) is 11.8. The number of aromatic nitrogens is 1. The molecule has 5 nitrogen and oxygen atoms in total. The quantitative estimate of drug-likeness (QED) is 0.670. The van der Waals surface area contributed by atoms with Gasteiger partial charge in [0.25, 0.3) is 0 Å². The number of nitrogens with one attached hydrogen (secondary N) is 2. The van der Waals surface area contributed by atoms with Gasteiger partial charge in [0.2, 0.25) is 5.91 Å². The fourth-order valence-corrected chi connectivity index (χ4v) is 1.17. The van der Waals surface area contributed by atoms with Crippen LogP contribution >= 0.6 is 0 Å². The third kappa shape index (κ3) is 4.63. The van der Waals surface area contributed by atoms with Crippen LogP contribution in [0.2, 0.25) is 0 Å². The Morgan fingerprint density at radius 3 is 2.88 bits per heavy atom. The van der Waals surface area contributed by atoms with E-state index in [1.165, 1.54) is 0 Å². The number of carbonyl (C=O) groups excluding carboxylic acids is 1. The molecule has 88 valence electrons. The highest BCUT2D eigenvalue weighted by molar-refractivity contribution is 5.76. The minimum absolute atomic E-state index is 0.0600. The summed E-state index contributed by atoms with van der Waals surface area (Å²) in [6.45, 7) is 3.34. The lowest BCUT2D eigenvalue weighted by atomic mass is 10.3. The first kappa shape index (κ1) is 12.3. The summed E-state index contributed by atoms with van der Waals surface area (Å²) in [4.78, 5) is 15.3. The van der Waals surface area contributed by atoms with Crippen molar-refractivity contribution in [1.82, 2.24) is 10.3 Å². The summed E-state index contributed by atoms with van der Waals surface area (Å²) in [6, 6.07) is 3.56. The number of pyridine rings is 1. The van der Waals surface area contributed by atoms with E-state index in [-0.39, 0.29) is 5.91 Å². The molecule has 0 aliphatic rings. The van der Waals surface area contributed by atoms with Crippen LogP contribution in [0.5, 0.6) is 0 Å². The van der Waals surface area contributed by atoms with Gasteiger partial charge in [-0.25, -0.2) is 4.98 Å². The Hall–Kier alpha value is -1.78. The first-order valence-corrected chi connectivity index (χ1v) is 5.44. The second kappa shape index (κ2) is 6.66. The van der Waals surface area contributed by atoms with Crippen LogP contribution in [0.25, 0.3) is 0 Å². The molecule has 1 aromatic rings. The van der Waals surface area contributed by atoms with Gasteiger partial charge in [0.05, 0.1) is 11.9 Å². The van der Waals surface area contributed by atoms with E-state index >= 15 is 0 Å². The van der Waals surface area contributed by atoms with Crippen molar-refractivity contribution < 1.29 is 4.79 Å². The summed E-state index contributed by atoms with van der Waals surface area (Å²) in [6.07, 6.45) is 2.99. The average molecular weight is 222 g/mol. The lowest BCUT2D eigenvalue weighted by Crippen LogP contribution is -2.25. The van der Waals surface area contributed by atoms with Crippen molar-refractivity contribution >= 4 is 17.4 Å². The van der Waals surface area contributed by atoms with Crippen molar-refractivity contribution in [2.45, 2.75) is 19.8 Å². The highest BCUT2D eigenvalue weighted by Gasteiger charge is 1.99. The summed E-state index contributed by atoms with van der Waals surface area (Å²) in [7, 11) is 0. The first-order valence-electron chi connectivity index (χ1n) is 5.44. The molecule has 0 aliphatic carbocycles. The van der Waals surface area contributed by atoms with Gasteiger partial charge in [-0.1, -0.05) is 6.92 Å². The van der Waals surface area contributed by atoms with Crippen LogP contribution in [0, 0.1) is 0 Å². The van der Waals surface area contributed by atoms with Gasteiger partial charge >= 0.3 is 0 Å². The van der Waals surface area contributed by atoms with Crippen molar-refractivity contribution in [3.63, 3.8) is 0 Å². The minimum atomic E-state index is 0.0600. The first-order chi connectivity index (χ1) is 7.72. The lowest BCUT2D eigenvalue weighted by molar-refractivity contribution is -0.120. The van der Waals surface area contributed by atoms with E-state index in [0.29, 0.717) is 18.7 Å². The van der Waals surface area contributed by atoms with Crippen LogP contribution in [0.3, 0.4) is 0 Å². The van der Waals surface area contributed by atoms with Gasteiger partial charge in [0.15, 0.2) is 0 Å². The molecule has 5 heteroatoms. The topological polar surface area (TPSA) is 80.0 Å². The number of hydrogen-bond acceptors (Lipinski definition) is 4. The van der Waals surface area contributed by atoms with Crippen molar-refractivity contribution in [3.8, 4) is 0 Å². The Morgan fingerprint density at radius 2 is 2.25 bits per heavy atom. The standard InChI is InChI=1S/C11H18N4O/c1-2-6-14-11(16)5-7-13-10-4-3-9(12)8-15-10/h3-4,8H,2,5-7,12H2,1H3,(H,13,15)(H,14,16). The van der Waals surface area contributed by atoms with Gasteiger partial charge < -0.3 is 16.4 Å². The van der Waals surface area contributed by atoms with Gasteiger partial charge in [-0.05, 0) is 18.6 Å². The molecule has 4 N–H and O–H groups in total. The van der Waals surface area contributed by atoms with Crippen molar-refractivity contribution in [3.05, 3.63) is 18.3 Å². The molecular weight excluding hydrogens is 204 g/mol. The predicted molar refractivity (Wildman–Crippen MR) is 65.1 cm³/mol. The molecule has 16 heavy (non-hydrogen) atoms. The Kier molecular flexibility index (Phi) is 5.11. The summed E-state index contributed by atoms with van der Waals surface area (Å²) in [5, 5.41) is 5.86. The number of nitrogens with two attached hydrogens (primary N) is 1. The van der Waals surface area contributed by atoms with Gasteiger partial charge in [0.1, 0.15) is 5.82 Å². The van der Waals surface area contributed by atoms with E-state index in [1.807, 2.05) is 6.92 Å². The molecule has 0 saturated carbocycles. The van der Waals surface area contributed by atoms with E-state index in [4.69, 9.17) is 5.73 Å². The molecule has 1 rings (SSSR count). The number of hydrogen-bond donors (Lipinski definition) is 3. The normalized spacial score (nSPS) is 9.81. The third-order valence-corrected chi connectivity index (χ3v) is 2.02. The SMILES string of the molecule is CCCNC(=O)CCNc1ccc(N)cn1. The number of amides is 1. The monoisotopic (exact) mass is 222 g/mol. The van der Waals surface area contributed by atoms with Crippen LogP contribution in [0.1, 0.15) is 19.8 Å². The van der Waals surface area contributed by atoms with Crippen molar-refractivity contribution in [1.29, 1.82) is 0 Å². The highest BCUT2D eigenvalue weighted by atomic mass is 16.1. The molecule has 0 aliphatic heterocycles. The Labute approximate surface area is 95.4 Å². The largest absolute Gasteiger partial charge is 0.397 e. The van der Waals surface area contributed by atoms with Crippen LogP contribution in [0.15, 0.2) is 18.3 Å². The highest BCUT2D eigenvalue weighted by Crippen LogP contribution is 2.05. The molecule has 0 unspecified atom stereocenters. The number of carbonyl (C=O) groups is 1. The van der Waals surface area contributed by atoms with E-state index in [1.54, 1.807) is 18.3 Å². The molecule has 0 saturated heterocycles. The van der Waals surface area contributed by atoms with E-state index in [9.17, 15) is 4.79 Å². The second-order valence-electron chi connectivity index (χ2n) is 3.50. The Morgan fingerprint density at radius 1 is 1.44 bits per heavy atom. The summed E-state index contributed by atoms with van der Waals surface area (Å²) in [5.41, 5.74) is 6.13. The Bertz CT molecular complexity index is 323. The Balaban J connectivity index is 2.20. The van der Waals surface area contributed by atoms with Gasteiger partial charge in [0, 0.05) is 19.5 Å². The zero-order valence-corrected chi connectivity index (χ0v) is 9.49. The van der Waals surface area contributed by atoms with Crippen LogP contribution < -0.4 is 16.4 Å². The number of nitrogens with zero attached hydrogens (tertiary/aromatic N) is 1. The number of nitrogen functional groups attached to an aromatic ring is 1. The van der Waals surface area contributed by atoms with Crippen LogP contribution in [-0.4, -0.2) is 24.0 Å². The molecule has 0 aromatic carbocycles. The van der Waals surface area contributed by atoms with E-state index < -0.39 is 0 Å². The molecule has 0 bridgehead atoms. The van der Waals surface area contributed by atoms with Crippen molar-refractivity contribution in [2.24, 2.45) is 0 Å². The minimum Gasteiger partial charge on any atom is -0.397 e. The summed E-state index contributed by atoms with van der Waals surface area (Å²) in [5.74, 6) is 0.794. The number of anilines is 2. The molecule has 0 atom stereocenters. The predicted octanol–water partition coefficient (Wildman–Crippen LogP) is 0.992. The van der Waals surface area contributed by atoms with Crippen molar-refractivity contribution in [2.75, 3.05) is 24.1 Å². The van der Waals surface area contributed by atoms with Gasteiger partial charge in [-0.3, -0.25) is 4.79 Å². The molecular formula is C11H18N4O. The lowest BCUT2D eigenvalue weighted by Gasteiger charge is -2.06. The fourth-order valence-electron chi connectivity index (χ4n) is 1.17. The third-order valence-electron chi connectivity index (χ3n) is 2.02. The second-order valence-corrected chi connectivity index (χ2v) is 3.50. The molecule has 0 spiro atoms. The van der Waals surface area contributed by atoms with E-state index in [0.717, 1.165) is 18.8 Å². The zero-order valence-electron chi connectivity index (χ0n) is 9.49. The summed E-state index contributed by atoms with van der Waals surface area (Å²) >= 11 is 0. The maximum atomic E-state index is 11.3.